The molecule has 2 atom stereocenters. The van der Waals surface area contributed by atoms with Crippen LogP contribution in [-0.4, -0.2) is 49.0 Å². The number of anilines is 1. The number of carbonyl (C=O) groups is 1. The van der Waals surface area contributed by atoms with Gasteiger partial charge >= 0.3 is 0 Å². The van der Waals surface area contributed by atoms with E-state index in [-0.39, 0.29) is 36.8 Å². The first-order chi connectivity index (χ1) is 12.0. The molecular weight excluding hydrogens is 383 g/mol. The lowest BCUT2D eigenvalue weighted by Crippen LogP contribution is -2.34. The lowest BCUT2D eigenvalue weighted by atomic mass is 10.0. The van der Waals surface area contributed by atoms with Crippen LogP contribution in [0.5, 0.6) is 0 Å². The van der Waals surface area contributed by atoms with Crippen LogP contribution in [0.4, 0.5) is 5.69 Å². The number of aromatic nitrogens is 1. The summed E-state index contributed by atoms with van der Waals surface area (Å²) in [4.78, 5) is 21.2. The first-order valence-electron chi connectivity index (χ1n) is 8.73. The molecule has 1 amide bonds. The molecule has 0 aliphatic carbocycles. The first kappa shape index (κ1) is 23.2. The molecule has 2 unspecified atom stereocenters. The fourth-order valence-corrected chi connectivity index (χ4v) is 3.43. The Morgan fingerprint density at radius 3 is 2.41 bits per heavy atom. The maximum Gasteiger partial charge on any atom is 0.255 e. The Balaban J connectivity index is 0.00000182. The molecule has 0 bridgehead atoms. The summed E-state index contributed by atoms with van der Waals surface area (Å²) in [6.07, 6.45) is 4.43. The van der Waals surface area contributed by atoms with Gasteiger partial charge in [0.25, 0.3) is 5.91 Å². The van der Waals surface area contributed by atoms with Crippen LogP contribution in [0.15, 0.2) is 42.7 Å². The lowest BCUT2D eigenvalue weighted by Gasteiger charge is -2.21. The van der Waals surface area contributed by atoms with E-state index in [4.69, 9.17) is 5.73 Å². The molecule has 1 aromatic heterocycles. The Hall–Kier alpha value is -1.82. The van der Waals surface area contributed by atoms with Crippen LogP contribution < -0.4 is 10.6 Å². The van der Waals surface area contributed by atoms with Gasteiger partial charge in [0.15, 0.2) is 0 Å². The molecule has 1 saturated heterocycles. The fraction of sp³-hybridized carbons (Fsp3) is 0.400. The molecule has 27 heavy (non-hydrogen) atoms. The highest BCUT2D eigenvalue weighted by Crippen LogP contribution is 2.26. The van der Waals surface area contributed by atoms with E-state index in [2.05, 4.69) is 41.1 Å². The quantitative estimate of drug-likeness (QED) is 0.837. The predicted octanol–water partition coefficient (Wildman–Crippen LogP) is 3.47. The van der Waals surface area contributed by atoms with Crippen molar-refractivity contribution in [1.82, 2.24) is 9.88 Å². The third-order valence-corrected chi connectivity index (χ3v) is 4.96. The summed E-state index contributed by atoms with van der Waals surface area (Å²) in [5, 5.41) is 0. The monoisotopic (exact) mass is 410 g/mol. The highest BCUT2D eigenvalue weighted by Gasteiger charge is 2.32. The smallest absolute Gasteiger partial charge is 0.255 e. The molecule has 7 heteroatoms. The summed E-state index contributed by atoms with van der Waals surface area (Å²) in [5.41, 5.74) is 9.57. The number of nitrogens with two attached hydrogens (primary N) is 1. The molecule has 1 fully saturated rings. The van der Waals surface area contributed by atoms with E-state index < -0.39 is 0 Å². The van der Waals surface area contributed by atoms with Gasteiger partial charge in [-0.3, -0.25) is 9.78 Å². The Kier molecular flexibility index (Phi) is 8.54. The van der Waals surface area contributed by atoms with E-state index in [1.807, 2.05) is 25.1 Å². The molecular formula is C20H28Cl2N4O. The Labute approximate surface area is 173 Å². The van der Waals surface area contributed by atoms with Crippen LogP contribution >= 0.6 is 24.8 Å². The van der Waals surface area contributed by atoms with Gasteiger partial charge in [0.05, 0.1) is 5.56 Å². The van der Waals surface area contributed by atoms with Crippen molar-refractivity contribution in [2.75, 3.05) is 32.1 Å². The third-order valence-electron chi connectivity index (χ3n) is 4.96. The van der Waals surface area contributed by atoms with Gasteiger partial charge in [-0.25, -0.2) is 0 Å². The van der Waals surface area contributed by atoms with Gasteiger partial charge in [-0.05, 0) is 49.6 Å². The third kappa shape index (κ3) is 5.12. The summed E-state index contributed by atoms with van der Waals surface area (Å²) >= 11 is 0. The summed E-state index contributed by atoms with van der Waals surface area (Å²) in [6, 6.07) is 10.4. The van der Waals surface area contributed by atoms with Crippen molar-refractivity contribution in [3.8, 4) is 11.1 Å². The highest BCUT2D eigenvalue weighted by molar-refractivity contribution is 5.95. The summed E-state index contributed by atoms with van der Waals surface area (Å²) in [7, 11) is 4.03. The van der Waals surface area contributed by atoms with Crippen LogP contribution in [0, 0.1) is 5.92 Å². The second kappa shape index (κ2) is 9.93. The van der Waals surface area contributed by atoms with Gasteiger partial charge in [-0.1, -0.05) is 12.1 Å². The second-order valence-corrected chi connectivity index (χ2v) is 7.05. The number of hydrogen-bond acceptors (Lipinski definition) is 4. The van der Waals surface area contributed by atoms with Crippen LogP contribution in [0.2, 0.25) is 0 Å². The number of carbonyl (C=O) groups excluding carboxylic acids is 1. The van der Waals surface area contributed by atoms with E-state index in [1.54, 1.807) is 12.4 Å². The van der Waals surface area contributed by atoms with Crippen molar-refractivity contribution in [2.24, 2.45) is 11.7 Å². The average molecular weight is 411 g/mol. The number of amides is 1. The number of nitrogens with zero attached hydrogens (tertiary/aromatic N) is 3. The summed E-state index contributed by atoms with van der Waals surface area (Å²) in [5.74, 6) is 0.441. The Morgan fingerprint density at radius 2 is 1.85 bits per heavy atom. The van der Waals surface area contributed by atoms with Crippen molar-refractivity contribution in [1.29, 1.82) is 0 Å². The molecule has 2 aromatic rings. The number of benzene rings is 1. The molecule has 2 heterocycles. The van der Waals surface area contributed by atoms with E-state index in [0.29, 0.717) is 18.0 Å². The van der Waals surface area contributed by atoms with Gasteiger partial charge < -0.3 is 15.5 Å². The zero-order valence-corrected chi connectivity index (χ0v) is 17.6. The number of halogens is 2. The van der Waals surface area contributed by atoms with Crippen molar-refractivity contribution in [2.45, 2.75) is 19.4 Å². The minimum absolute atomic E-state index is 0. The van der Waals surface area contributed by atoms with Gasteiger partial charge in [0, 0.05) is 50.3 Å². The molecule has 1 aromatic carbocycles. The number of likely N-dealkylation sites (tertiary alicyclic amines) is 1. The highest BCUT2D eigenvalue weighted by atomic mass is 35.5. The zero-order valence-electron chi connectivity index (χ0n) is 16.0. The van der Waals surface area contributed by atoms with E-state index in [1.165, 1.54) is 0 Å². The van der Waals surface area contributed by atoms with Gasteiger partial charge in [0.1, 0.15) is 0 Å². The number of rotatable bonds is 4. The molecule has 2 N–H and O–H groups in total. The van der Waals surface area contributed by atoms with E-state index in [0.717, 1.165) is 29.8 Å². The lowest BCUT2D eigenvalue weighted by molar-refractivity contribution is 0.0743. The minimum Gasteiger partial charge on any atom is -0.378 e. The summed E-state index contributed by atoms with van der Waals surface area (Å²) < 4.78 is 0. The molecule has 3 rings (SSSR count). The van der Waals surface area contributed by atoms with Crippen molar-refractivity contribution >= 4 is 36.4 Å². The van der Waals surface area contributed by atoms with Gasteiger partial charge in [-0.15, -0.1) is 24.8 Å². The molecule has 0 saturated carbocycles. The summed E-state index contributed by atoms with van der Waals surface area (Å²) in [6.45, 7) is 3.45. The standard InChI is InChI=1S/C20H26N4O.2ClH/c1-14-8-15(10-21)13-24(14)20(25)18-9-17(11-22-12-18)16-4-6-19(7-5-16)23(2)3;;/h4-7,9,11-12,14-15H,8,10,13,21H2,1-3H3;2*1H. The van der Waals surface area contributed by atoms with Crippen LogP contribution in [0.3, 0.4) is 0 Å². The topological polar surface area (TPSA) is 62.5 Å². The van der Waals surface area contributed by atoms with E-state index in [9.17, 15) is 4.79 Å². The number of pyridine rings is 1. The molecule has 0 spiro atoms. The second-order valence-electron chi connectivity index (χ2n) is 7.05. The molecule has 148 valence electrons. The maximum absolute atomic E-state index is 12.9. The molecule has 1 aliphatic rings. The maximum atomic E-state index is 12.9. The van der Waals surface area contributed by atoms with Crippen LogP contribution in [-0.2, 0) is 0 Å². The van der Waals surface area contributed by atoms with Crippen molar-refractivity contribution in [3.63, 3.8) is 0 Å². The van der Waals surface area contributed by atoms with Gasteiger partial charge in [-0.2, -0.15) is 0 Å². The average Bonchev–Trinajstić information content (AvgIpc) is 3.02. The van der Waals surface area contributed by atoms with Crippen LogP contribution in [0.25, 0.3) is 11.1 Å². The normalized spacial score (nSPS) is 18.4. The number of hydrogen-bond donors (Lipinski definition) is 1. The largest absolute Gasteiger partial charge is 0.378 e. The molecule has 1 aliphatic heterocycles. The van der Waals surface area contributed by atoms with Crippen LogP contribution in [0.1, 0.15) is 23.7 Å². The zero-order chi connectivity index (χ0) is 18.0. The minimum atomic E-state index is 0. The first-order valence-corrected chi connectivity index (χ1v) is 8.73. The fourth-order valence-electron chi connectivity index (χ4n) is 3.43. The van der Waals surface area contributed by atoms with Crippen molar-refractivity contribution < 1.29 is 4.79 Å². The van der Waals surface area contributed by atoms with Crippen molar-refractivity contribution in [3.05, 3.63) is 48.3 Å². The Bertz CT molecular complexity index is 752. The SMILES string of the molecule is CC1CC(CN)CN1C(=O)c1cncc(-c2ccc(N(C)C)cc2)c1.Cl.Cl. The Morgan fingerprint density at radius 1 is 1.19 bits per heavy atom. The van der Waals surface area contributed by atoms with E-state index >= 15 is 0 Å². The predicted molar refractivity (Wildman–Crippen MR) is 116 cm³/mol. The molecule has 5 nitrogen and oxygen atoms in total. The molecule has 0 radical (unpaired) electrons. The van der Waals surface area contributed by atoms with Gasteiger partial charge in [0.2, 0.25) is 0 Å².